The van der Waals surface area contributed by atoms with E-state index < -0.39 is 0 Å². The molecule has 2 aromatic rings. The van der Waals surface area contributed by atoms with Crippen LogP contribution in [0.15, 0.2) is 34.1 Å². The van der Waals surface area contributed by atoms with Gasteiger partial charge in [-0.3, -0.25) is 4.79 Å². The molecule has 0 saturated carbocycles. The number of rotatable bonds is 2. The predicted molar refractivity (Wildman–Crippen MR) is 76.4 cm³/mol. The molecular weight excluding hydrogens is 345 g/mol. The van der Waals surface area contributed by atoms with Crippen LogP contribution in [-0.2, 0) is 0 Å². The normalized spacial score (nSPS) is 10.3. The number of benzene rings is 1. The number of carbonyl (C=O) groups excluding carboxylic acids is 1. The summed E-state index contributed by atoms with van der Waals surface area (Å²) in [6, 6.07) is 6.92. The lowest BCUT2D eigenvalue weighted by atomic mass is 10.3. The fourth-order valence-electron chi connectivity index (χ4n) is 1.24. The number of thiophene rings is 1. The van der Waals surface area contributed by atoms with Gasteiger partial charge in [0.25, 0.3) is 5.91 Å². The highest BCUT2D eigenvalue weighted by atomic mass is 79.9. The van der Waals surface area contributed by atoms with E-state index in [1.165, 1.54) is 11.3 Å². The maximum Gasteiger partial charge on any atom is 0.266 e. The van der Waals surface area contributed by atoms with E-state index in [1.807, 2.05) is 11.4 Å². The smallest absolute Gasteiger partial charge is 0.266 e. The largest absolute Gasteiger partial charge is 0.320 e. The third kappa shape index (κ3) is 2.83. The second-order valence-corrected chi connectivity index (χ2v) is 5.71. The zero-order valence-corrected chi connectivity index (χ0v) is 12.3. The van der Waals surface area contributed by atoms with E-state index in [-0.39, 0.29) is 5.91 Å². The number of hydrogen-bond acceptors (Lipinski definition) is 2. The van der Waals surface area contributed by atoms with E-state index in [0.29, 0.717) is 20.6 Å². The van der Waals surface area contributed by atoms with E-state index in [9.17, 15) is 4.79 Å². The number of carbonyl (C=O) groups is 1. The molecule has 17 heavy (non-hydrogen) atoms. The van der Waals surface area contributed by atoms with Gasteiger partial charge in [0.1, 0.15) is 4.88 Å². The van der Waals surface area contributed by atoms with Crippen LogP contribution in [0.3, 0.4) is 0 Å². The molecule has 0 aliphatic rings. The number of amides is 1. The third-order valence-electron chi connectivity index (χ3n) is 2.02. The SMILES string of the molecule is O=C(Nc1cccc(Cl)c1Cl)c1sccc1Br. The van der Waals surface area contributed by atoms with Gasteiger partial charge >= 0.3 is 0 Å². The highest BCUT2D eigenvalue weighted by Gasteiger charge is 2.13. The predicted octanol–water partition coefficient (Wildman–Crippen LogP) is 5.07. The van der Waals surface area contributed by atoms with Gasteiger partial charge in [-0.15, -0.1) is 11.3 Å². The van der Waals surface area contributed by atoms with Crippen molar-refractivity contribution in [3.63, 3.8) is 0 Å². The number of nitrogens with one attached hydrogen (secondary N) is 1. The molecule has 0 spiro atoms. The summed E-state index contributed by atoms with van der Waals surface area (Å²) >= 11 is 16.5. The molecule has 1 aromatic heterocycles. The Bertz CT molecular complexity index is 570. The van der Waals surface area contributed by atoms with E-state index in [1.54, 1.807) is 18.2 Å². The summed E-state index contributed by atoms with van der Waals surface area (Å²) in [6.07, 6.45) is 0. The van der Waals surface area contributed by atoms with E-state index in [0.717, 1.165) is 4.47 Å². The minimum absolute atomic E-state index is 0.212. The van der Waals surface area contributed by atoms with Gasteiger partial charge in [0.15, 0.2) is 0 Å². The molecule has 0 saturated heterocycles. The second-order valence-electron chi connectivity index (χ2n) is 3.15. The van der Waals surface area contributed by atoms with E-state index in [2.05, 4.69) is 21.2 Å². The van der Waals surface area contributed by atoms with Crippen molar-refractivity contribution in [1.29, 1.82) is 0 Å². The zero-order valence-electron chi connectivity index (χ0n) is 8.34. The summed E-state index contributed by atoms with van der Waals surface area (Å²) in [5.74, 6) is -0.212. The average molecular weight is 351 g/mol. The van der Waals surface area contributed by atoms with Gasteiger partial charge in [-0.25, -0.2) is 0 Å². The van der Waals surface area contributed by atoms with Gasteiger partial charge in [0.05, 0.1) is 15.7 Å². The van der Waals surface area contributed by atoms with Crippen molar-refractivity contribution in [3.8, 4) is 0 Å². The lowest BCUT2D eigenvalue weighted by Gasteiger charge is -2.07. The Morgan fingerprint density at radius 3 is 2.71 bits per heavy atom. The molecule has 0 atom stereocenters. The first-order valence-corrected chi connectivity index (χ1v) is 7.01. The molecule has 2 nitrogen and oxygen atoms in total. The Morgan fingerprint density at radius 2 is 2.06 bits per heavy atom. The van der Waals surface area contributed by atoms with Crippen LogP contribution in [0.1, 0.15) is 9.67 Å². The minimum Gasteiger partial charge on any atom is -0.320 e. The zero-order chi connectivity index (χ0) is 12.4. The standard InChI is InChI=1S/C11H6BrCl2NOS/c12-6-4-5-17-10(6)11(16)15-8-3-1-2-7(13)9(8)14/h1-5H,(H,15,16). The quantitative estimate of drug-likeness (QED) is 0.804. The van der Waals surface area contributed by atoms with Crippen molar-refractivity contribution >= 4 is 62.1 Å². The van der Waals surface area contributed by atoms with Crippen molar-refractivity contribution in [2.45, 2.75) is 0 Å². The lowest BCUT2D eigenvalue weighted by Crippen LogP contribution is -2.11. The third-order valence-corrected chi connectivity index (χ3v) is 4.68. The summed E-state index contributed by atoms with van der Waals surface area (Å²) in [7, 11) is 0. The Labute approximate surface area is 121 Å². The summed E-state index contributed by atoms with van der Waals surface area (Å²) in [6.45, 7) is 0. The molecule has 0 aliphatic carbocycles. The van der Waals surface area contributed by atoms with Crippen LogP contribution < -0.4 is 5.32 Å². The van der Waals surface area contributed by atoms with Gasteiger partial charge in [-0.2, -0.15) is 0 Å². The van der Waals surface area contributed by atoms with Crippen LogP contribution in [0.25, 0.3) is 0 Å². The van der Waals surface area contributed by atoms with Gasteiger partial charge in [0.2, 0.25) is 0 Å². The summed E-state index contributed by atoms with van der Waals surface area (Å²) in [5, 5.41) is 5.31. The molecule has 0 bridgehead atoms. The van der Waals surface area contributed by atoms with Gasteiger partial charge in [-0.1, -0.05) is 29.3 Å². The van der Waals surface area contributed by atoms with Crippen LogP contribution in [0.2, 0.25) is 10.0 Å². The molecule has 1 N–H and O–H groups in total. The molecule has 0 radical (unpaired) electrons. The number of anilines is 1. The highest BCUT2D eigenvalue weighted by molar-refractivity contribution is 9.10. The topological polar surface area (TPSA) is 29.1 Å². The Kier molecular flexibility index (Phi) is 4.09. The fraction of sp³-hybridized carbons (Fsp3) is 0. The highest BCUT2D eigenvalue weighted by Crippen LogP contribution is 2.31. The van der Waals surface area contributed by atoms with E-state index in [4.69, 9.17) is 23.2 Å². The molecule has 0 unspecified atom stereocenters. The van der Waals surface area contributed by atoms with Crippen LogP contribution in [0, 0.1) is 0 Å². The molecule has 1 aromatic carbocycles. The van der Waals surface area contributed by atoms with Gasteiger partial charge in [-0.05, 0) is 39.5 Å². The maximum absolute atomic E-state index is 11.9. The second kappa shape index (κ2) is 5.40. The van der Waals surface area contributed by atoms with Crippen molar-refractivity contribution in [2.75, 3.05) is 5.32 Å². The monoisotopic (exact) mass is 349 g/mol. The molecule has 88 valence electrons. The fourth-order valence-corrected chi connectivity index (χ4v) is 3.03. The molecule has 2 rings (SSSR count). The van der Waals surface area contributed by atoms with Crippen molar-refractivity contribution < 1.29 is 4.79 Å². The van der Waals surface area contributed by atoms with Gasteiger partial charge < -0.3 is 5.32 Å². The summed E-state index contributed by atoms with van der Waals surface area (Å²) in [4.78, 5) is 12.5. The summed E-state index contributed by atoms with van der Waals surface area (Å²) < 4.78 is 0.762. The van der Waals surface area contributed by atoms with Crippen molar-refractivity contribution in [3.05, 3.63) is 49.0 Å². The Morgan fingerprint density at radius 1 is 1.29 bits per heavy atom. The lowest BCUT2D eigenvalue weighted by molar-refractivity contribution is 0.103. The molecular formula is C11H6BrCl2NOS. The molecule has 6 heteroatoms. The maximum atomic E-state index is 11.9. The number of halogens is 3. The van der Waals surface area contributed by atoms with Crippen LogP contribution >= 0.6 is 50.5 Å². The van der Waals surface area contributed by atoms with Crippen LogP contribution in [0.5, 0.6) is 0 Å². The van der Waals surface area contributed by atoms with E-state index >= 15 is 0 Å². The molecule has 1 amide bonds. The average Bonchev–Trinajstić information content (AvgIpc) is 2.71. The Balaban J connectivity index is 2.25. The number of hydrogen-bond donors (Lipinski definition) is 1. The first-order chi connectivity index (χ1) is 8.09. The molecule has 0 fully saturated rings. The molecule has 0 aliphatic heterocycles. The van der Waals surface area contributed by atoms with Gasteiger partial charge in [0, 0.05) is 4.47 Å². The first-order valence-electron chi connectivity index (χ1n) is 4.58. The van der Waals surface area contributed by atoms with Crippen molar-refractivity contribution in [2.24, 2.45) is 0 Å². The van der Waals surface area contributed by atoms with Crippen molar-refractivity contribution in [1.82, 2.24) is 0 Å². The summed E-state index contributed by atoms with van der Waals surface area (Å²) in [5.41, 5.74) is 0.504. The van der Waals surface area contributed by atoms with Crippen LogP contribution in [0.4, 0.5) is 5.69 Å². The minimum atomic E-state index is -0.212. The Hall–Kier alpha value is -0.550. The first kappa shape index (κ1) is 12.9. The molecule has 1 heterocycles. The van der Waals surface area contributed by atoms with Crippen LogP contribution in [-0.4, -0.2) is 5.91 Å².